The zero-order valence-corrected chi connectivity index (χ0v) is 14.4. The predicted molar refractivity (Wildman–Crippen MR) is 94.1 cm³/mol. The maximum absolute atomic E-state index is 4.70. The van der Waals surface area contributed by atoms with Crippen LogP contribution in [-0.2, 0) is 11.5 Å². The summed E-state index contributed by atoms with van der Waals surface area (Å²) in [6, 6.07) is 10.4. The lowest BCUT2D eigenvalue weighted by atomic mass is 10.2. The molecule has 0 saturated heterocycles. The SMILES string of the molecule is Cc1nc(CSCc2sc(-c3ccccc3)nc2C)cs1. The Kier molecular flexibility index (Phi) is 4.73. The molecular formula is C16H16N2S3. The molecule has 0 aliphatic carbocycles. The molecule has 0 spiro atoms. The molecule has 5 heteroatoms. The van der Waals surface area contributed by atoms with Gasteiger partial charge in [0, 0.05) is 27.3 Å². The summed E-state index contributed by atoms with van der Waals surface area (Å²) >= 11 is 5.43. The molecule has 2 aromatic heterocycles. The average Bonchev–Trinajstić information content (AvgIpc) is 3.07. The number of benzene rings is 1. The lowest BCUT2D eigenvalue weighted by Crippen LogP contribution is -1.84. The summed E-state index contributed by atoms with van der Waals surface area (Å²) in [5.74, 6) is 1.98. The highest BCUT2D eigenvalue weighted by Gasteiger charge is 2.09. The van der Waals surface area contributed by atoms with E-state index in [9.17, 15) is 0 Å². The summed E-state index contributed by atoms with van der Waals surface area (Å²) in [5.41, 5.74) is 3.55. The predicted octanol–water partition coefficient (Wildman–Crippen LogP) is 5.32. The molecule has 0 fully saturated rings. The summed E-state index contributed by atoms with van der Waals surface area (Å²) in [6.45, 7) is 4.16. The first-order chi connectivity index (χ1) is 10.2. The Balaban J connectivity index is 1.65. The number of nitrogens with zero attached hydrogens (tertiary/aromatic N) is 2. The summed E-state index contributed by atoms with van der Waals surface area (Å²) < 4.78 is 0. The van der Waals surface area contributed by atoms with Gasteiger partial charge in [0.15, 0.2) is 0 Å². The van der Waals surface area contributed by atoms with Crippen LogP contribution in [0.5, 0.6) is 0 Å². The van der Waals surface area contributed by atoms with Crippen LogP contribution in [0, 0.1) is 13.8 Å². The normalized spacial score (nSPS) is 11.0. The van der Waals surface area contributed by atoms with Gasteiger partial charge in [0.1, 0.15) is 5.01 Å². The minimum absolute atomic E-state index is 0.975. The first-order valence-corrected chi connectivity index (χ1v) is 9.58. The Morgan fingerprint density at radius 1 is 1.05 bits per heavy atom. The van der Waals surface area contributed by atoms with Crippen molar-refractivity contribution in [3.63, 3.8) is 0 Å². The third kappa shape index (κ3) is 3.73. The van der Waals surface area contributed by atoms with E-state index >= 15 is 0 Å². The second-order valence-corrected chi connectivity index (χ2v) is 7.88. The van der Waals surface area contributed by atoms with Gasteiger partial charge in [-0.25, -0.2) is 9.97 Å². The van der Waals surface area contributed by atoms with Crippen LogP contribution in [0.1, 0.15) is 21.3 Å². The van der Waals surface area contributed by atoms with E-state index in [4.69, 9.17) is 4.98 Å². The Bertz CT molecular complexity index is 716. The van der Waals surface area contributed by atoms with E-state index in [0.29, 0.717) is 0 Å². The van der Waals surface area contributed by atoms with Crippen LogP contribution in [0.4, 0.5) is 0 Å². The maximum Gasteiger partial charge on any atom is 0.123 e. The van der Waals surface area contributed by atoms with Crippen LogP contribution in [0.2, 0.25) is 0 Å². The fraction of sp³-hybridized carbons (Fsp3) is 0.250. The molecule has 0 amide bonds. The van der Waals surface area contributed by atoms with Crippen molar-refractivity contribution in [2.24, 2.45) is 0 Å². The highest BCUT2D eigenvalue weighted by atomic mass is 32.2. The van der Waals surface area contributed by atoms with Crippen molar-refractivity contribution in [2.75, 3.05) is 0 Å². The third-order valence-corrected chi connectivity index (χ3v) is 6.27. The number of hydrogen-bond donors (Lipinski definition) is 0. The molecule has 0 saturated carbocycles. The molecule has 1 aromatic carbocycles. The average molecular weight is 333 g/mol. The van der Waals surface area contributed by atoms with E-state index in [1.165, 1.54) is 16.1 Å². The number of thioether (sulfide) groups is 1. The lowest BCUT2D eigenvalue weighted by Gasteiger charge is -1.97. The molecule has 0 unspecified atom stereocenters. The van der Waals surface area contributed by atoms with Crippen LogP contribution in [0.15, 0.2) is 35.7 Å². The topological polar surface area (TPSA) is 25.8 Å². The molecule has 3 rings (SSSR count). The lowest BCUT2D eigenvalue weighted by molar-refractivity contribution is 1.17. The third-order valence-electron chi connectivity index (χ3n) is 3.06. The number of rotatable bonds is 5. The molecule has 0 aliphatic rings. The number of hydrogen-bond acceptors (Lipinski definition) is 5. The first kappa shape index (κ1) is 14.8. The Morgan fingerprint density at radius 2 is 1.86 bits per heavy atom. The summed E-state index contributed by atoms with van der Waals surface area (Å²) in [6.07, 6.45) is 0. The quantitative estimate of drug-likeness (QED) is 0.632. The van der Waals surface area contributed by atoms with Gasteiger partial charge >= 0.3 is 0 Å². The van der Waals surface area contributed by atoms with Crippen LogP contribution in [0.25, 0.3) is 10.6 Å². The van der Waals surface area contributed by atoms with Crippen molar-refractivity contribution in [1.29, 1.82) is 0 Å². The fourth-order valence-electron chi connectivity index (χ4n) is 1.99. The molecule has 3 aromatic rings. The molecule has 21 heavy (non-hydrogen) atoms. The molecular weight excluding hydrogens is 316 g/mol. The molecule has 2 nitrogen and oxygen atoms in total. The van der Waals surface area contributed by atoms with Crippen molar-refractivity contribution < 1.29 is 0 Å². The van der Waals surface area contributed by atoms with Crippen molar-refractivity contribution in [1.82, 2.24) is 9.97 Å². The van der Waals surface area contributed by atoms with Gasteiger partial charge in [-0.2, -0.15) is 0 Å². The van der Waals surface area contributed by atoms with Gasteiger partial charge in [-0.1, -0.05) is 30.3 Å². The number of thiazole rings is 2. The van der Waals surface area contributed by atoms with E-state index in [0.717, 1.165) is 27.2 Å². The van der Waals surface area contributed by atoms with Crippen LogP contribution in [-0.4, -0.2) is 9.97 Å². The second-order valence-electron chi connectivity index (χ2n) is 4.74. The molecule has 108 valence electrons. The van der Waals surface area contributed by atoms with E-state index < -0.39 is 0 Å². The number of aryl methyl sites for hydroxylation is 2. The van der Waals surface area contributed by atoms with Crippen molar-refractivity contribution in [3.05, 3.63) is 57.0 Å². The van der Waals surface area contributed by atoms with E-state index in [-0.39, 0.29) is 0 Å². The minimum Gasteiger partial charge on any atom is -0.246 e. The number of aromatic nitrogens is 2. The Labute approximate surface area is 137 Å². The fourth-order valence-corrected chi connectivity index (χ4v) is 4.91. The van der Waals surface area contributed by atoms with Gasteiger partial charge in [0.05, 0.1) is 16.4 Å². The summed E-state index contributed by atoms with van der Waals surface area (Å²) in [5, 5.41) is 4.41. The van der Waals surface area contributed by atoms with Gasteiger partial charge in [-0.3, -0.25) is 0 Å². The zero-order valence-electron chi connectivity index (χ0n) is 12.0. The molecule has 0 N–H and O–H groups in total. The summed E-state index contributed by atoms with van der Waals surface area (Å²) in [4.78, 5) is 10.6. The van der Waals surface area contributed by atoms with E-state index in [1.807, 2.05) is 17.8 Å². The van der Waals surface area contributed by atoms with Gasteiger partial charge in [-0.15, -0.1) is 34.4 Å². The van der Waals surface area contributed by atoms with Crippen LogP contribution in [0.3, 0.4) is 0 Å². The van der Waals surface area contributed by atoms with E-state index in [1.54, 1.807) is 22.7 Å². The molecule has 0 bridgehead atoms. The van der Waals surface area contributed by atoms with Crippen molar-refractivity contribution in [2.45, 2.75) is 25.4 Å². The maximum atomic E-state index is 4.70. The van der Waals surface area contributed by atoms with Gasteiger partial charge in [0.25, 0.3) is 0 Å². The standard InChI is InChI=1S/C16H16N2S3/c1-11-15(10-19-8-14-9-20-12(2)18-14)21-16(17-11)13-6-4-3-5-7-13/h3-7,9H,8,10H2,1-2H3. The van der Waals surface area contributed by atoms with Gasteiger partial charge in [-0.05, 0) is 13.8 Å². The molecule has 0 aliphatic heterocycles. The highest BCUT2D eigenvalue weighted by Crippen LogP contribution is 2.31. The van der Waals surface area contributed by atoms with Gasteiger partial charge in [0.2, 0.25) is 0 Å². The highest BCUT2D eigenvalue weighted by molar-refractivity contribution is 7.97. The zero-order chi connectivity index (χ0) is 14.7. The Morgan fingerprint density at radius 3 is 2.57 bits per heavy atom. The molecule has 0 radical (unpaired) electrons. The van der Waals surface area contributed by atoms with E-state index in [2.05, 4.69) is 48.5 Å². The molecule has 0 atom stereocenters. The molecule has 2 heterocycles. The first-order valence-electron chi connectivity index (χ1n) is 6.73. The Hall–Kier alpha value is -1.17. The van der Waals surface area contributed by atoms with Crippen LogP contribution >= 0.6 is 34.4 Å². The van der Waals surface area contributed by atoms with Gasteiger partial charge < -0.3 is 0 Å². The van der Waals surface area contributed by atoms with Crippen LogP contribution < -0.4 is 0 Å². The smallest absolute Gasteiger partial charge is 0.123 e. The summed E-state index contributed by atoms with van der Waals surface area (Å²) in [7, 11) is 0. The van der Waals surface area contributed by atoms with Crippen molar-refractivity contribution in [3.8, 4) is 10.6 Å². The monoisotopic (exact) mass is 332 g/mol. The second kappa shape index (κ2) is 6.73. The minimum atomic E-state index is 0.975. The van der Waals surface area contributed by atoms with Crippen molar-refractivity contribution >= 4 is 34.4 Å². The largest absolute Gasteiger partial charge is 0.246 e.